The molecule has 0 aliphatic rings. The Hall–Kier alpha value is -5.36. The van der Waals surface area contributed by atoms with Gasteiger partial charge in [-0.1, -0.05) is 36.4 Å². The van der Waals surface area contributed by atoms with E-state index in [1.807, 2.05) is 36.4 Å². The van der Waals surface area contributed by atoms with E-state index < -0.39 is 10.9 Å². The topological polar surface area (TPSA) is 135 Å². The molecular weight excluding hydrogens is 556 g/mol. The van der Waals surface area contributed by atoms with Crippen molar-refractivity contribution in [2.45, 2.75) is 0 Å². The maximum absolute atomic E-state index is 12.8. The molecule has 12 heteroatoms. The van der Waals surface area contributed by atoms with Gasteiger partial charge in [0, 0.05) is 35.3 Å². The SMILES string of the molecule is COc1cc(Nc2nc3ccccc3nc2N(c2cccc(NC(=O)CNc3ccccc3)c2)[SH](=O)=O)cc(OC)c1. The maximum atomic E-state index is 12.8. The van der Waals surface area contributed by atoms with Gasteiger partial charge in [0.25, 0.3) is 0 Å². The second kappa shape index (κ2) is 12.9. The molecule has 214 valence electrons. The van der Waals surface area contributed by atoms with Gasteiger partial charge in [-0.3, -0.25) is 4.79 Å². The lowest BCUT2D eigenvalue weighted by Gasteiger charge is -2.21. The van der Waals surface area contributed by atoms with Crippen LogP contribution in [0.1, 0.15) is 0 Å². The van der Waals surface area contributed by atoms with Crippen molar-refractivity contribution in [3.05, 3.63) is 97.1 Å². The van der Waals surface area contributed by atoms with E-state index >= 15 is 0 Å². The Bertz CT molecular complexity index is 1770. The first kappa shape index (κ1) is 28.2. The summed E-state index contributed by atoms with van der Waals surface area (Å²) >= 11 is 0. The molecule has 4 aromatic carbocycles. The van der Waals surface area contributed by atoms with E-state index in [1.54, 1.807) is 60.7 Å². The number of nitrogens with zero attached hydrogens (tertiary/aromatic N) is 3. The van der Waals surface area contributed by atoms with Gasteiger partial charge in [-0.25, -0.2) is 22.7 Å². The molecule has 0 saturated carbocycles. The lowest BCUT2D eigenvalue weighted by molar-refractivity contribution is -0.114. The van der Waals surface area contributed by atoms with Crippen LogP contribution in [0, 0.1) is 0 Å². The van der Waals surface area contributed by atoms with Crippen LogP contribution in [0.2, 0.25) is 0 Å². The van der Waals surface area contributed by atoms with Crippen LogP contribution < -0.4 is 29.7 Å². The number of methoxy groups -OCH3 is 2. The number of aromatic nitrogens is 2. The Morgan fingerprint density at radius 3 is 2.07 bits per heavy atom. The van der Waals surface area contributed by atoms with Crippen molar-refractivity contribution in [2.75, 3.05) is 41.0 Å². The van der Waals surface area contributed by atoms with Gasteiger partial charge in [0.05, 0.1) is 37.5 Å². The number of fused-ring (bicyclic) bond motifs is 1. The predicted molar refractivity (Wildman–Crippen MR) is 165 cm³/mol. The largest absolute Gasteiger partial charge is 0.497 e. The van der Waals surface area contributed by atoms with E-state index in [4.69, 9.17) is 14.5 Å². The molecular formula is C30H28N6O5S. The lowest BCUT2D eigenvalue weighted by atomic mass is 10.2. The van der Waals surface area contributed by atoms with Gasteiger partial charge < -0.3 is 25.4 Å². The third-order valence-electron chi connectivity index (χ3n) is 6.13. The molecule has 5 aromatic rings. The molecule has 42 heavy (non-hydrogen) atoms. The Morgan fingerprint density at radius 2 is 1.40 bits per heavy atom. The fraction of sp³-hybridized carbons (Fsp3) is 0.100. The summed E-state index contributed by atoms with van der Waals surface area (Å²) in [5.41, 5.74) is 3.08. The second-order valence-electron chi connectivity index (χ2n) is 8.98. The van der Waals surface area contributed by atoms with Crippen LogP contribution in [0.25, 0.3) is 11.0 Å². The first-order valence-electron chi connectivity index (χ1n) is 12.8. The third-order valence-corrected chi connectivity index (χ3v) is 6.88. The Kier molecular flexibility index (Phi) is 8.64. The fourth-order valence-corrected chi connectivity index (χ4v) is 4.80. The number of hydrogen-bond donors (Lipinski definition) is 4. The minimum absolute atomic E-state index is 0.0298. The molecule has 3 N–H and O–H groups in total. The van der Waals surface area contributed by atoms with Crippen LogP contribution in [0.3, 0.4) is 0 Å². The molecule has 0 atom stereocenters. The van der Waals surface area contributed by atoms with Crippen LogP contribution in [0.15, 0.2) is 97.1 Å². The number of ether oxygens (including phenoxy) is 2. The third kappa shape index (κ3) is 6.67. The highest BCUT2D eigenvalue weighted by atomic mass is 32.2. The van der Waals surface area contributed by atoms with Crippen molar-refractivity contribution < 1.29 is 22.7 Å². The smallest absolute Gasteiger partial charge is 0.243 e. The highest BCUT2D eigenvalue weighted by molar-refractivity contribution is 7.74. The van der Waals surface area contributed by atoms with Crippen molar-refractivity contribution >= 4 is 62.2 Å². The molecule has 5 rings (SSSR count). The first-order chi connectivity index (χ1) is 20.4. The van der Waals surface area contributed by atoms with Gasteiger partial charge in [0.1, 0.15) is 11.5 Å². The fourth-order valence-electron chi connectivity index (χ4n) is 4.19. The molecule has 1 aromatic heterocycles. The molecule has 1 heterocycles. The summed E-state index contributed by atoms with van der Waals surface area (Å²) in [6, 6.07) is 28.1. The van der Waals surface area contributed by atoms with Crippen LogP contribution in [0.4, 0.5) is 34.4 Å². The van der Waals surface area contributed by atoms with Crippen molar-refractivity contribution in [3.63, 3.8) is 0 Å². The van der Waals surface area contributed by atoms with Gasteiger partial charge in [-0.05, 0) is 42.5 Å². The van der Waals surface area contributed by atoms with Crippen LogP contribution in [-0.4, -0.2) is 45.1 Å². The highest BCUT2D eigenvalue weighted by Crippen LogP contribution is 2.35. The Balaban J connectivity index is 1.49. The van der Waals surface area contributed by atoms with Crippen LogP contribution >= 0.6 is 0 Å². The van der Waals surface area contributed by atoms with Crippen molar-refractivity contribution in [1.29, 1.82) is 0 Å². The number of para-hydroxylation sites is 3. The summed E-state index contributed by atoms with van der Waals surface area (Å²) < 4.78 is 37.3. The van der Waals surface area contributed by atoms with E-state index in [0.717, 1.165) is 9.99 Å². The highest BCUT2D eigenvalue weighted by Gasteiger charge is 2.21. The summed E-state index contributed by atoms with van der Waals surface area (Å²) in [4.78, 5) is 22.0. The van der Waals surface area contributed by atoms with Crippen LogP contribution in [-0.2, 0) is 15.7 Å². The molecule has 0 spiro atoms. The van der Waals surface area contributed by atoms with Crippen molar-refractivity contribution in [3.8, 4) is 11.5 Å². The second-order valence-corrected chi connectivity index (χ2v) is 9.85. The molecule has 0 fully saturated rings. The number of thiol groups is 1. The molecule has 0 radical (unpaired) electrons. The van der Waals surface area contributed by atoms with E-state index in [0.29, 0.717) is 33.9 Å². The average molecular weight is 585 g/mol. The molecule has 0 aliphatic carbocycles. The summed E-state index contributed by atoms with van der Waals surface area (Å²) in [6.07, 6.45) is 0. The monoisotopic (exact) mass is 584 g/mol. The van der Waals surface area contributed by atoms with E-state index in [2.05, 4.69) is 20.9 Å². The minimum Gasteiger partial charge on any atom is -0.497 e. The van der Waals surface area contributed by atoms with Gasteiger partial charge in [0.2, 0.25) is 16.8 Å². The molecule has 0 aliphatic heterocycles. The van der Waals surface area contributed by atoms with Gasteiger partial charge in [-0.2, -0.15) is 0 Å². The average Bonchev–Trinajstić information content (AvgIpc) is 3.00. The summed E-state index contributed by atoms with van der Waals surface area (Å²) in [5.74, 6) is 0.993. The van der Waals surface area contributed by atoms with E-state index in [1.165, 1.54) is 14.2 Å². The van der Waals surface area contributed by atoms with Crippen molar-refractivity contribution in [2.24, 2.45) is 0 Å². The molecule has 11 nitrogen and oxygen atoms in total. The number of hydrogen-bond acceptors (Lipinski definition) is 9. The molecule has 1 amide bonds. The molecule has 0 saturated heterocycles. The van der Waals surface area contributed by atoms with Gasteiger partial charge in [-0.15, -0.1) is 0 Å². The van der Waals surface area contributed by atoms with Gasteiger partial charge >= 0.3 is 0 Å². The number of anilines is 6. The number of nitrogens with one attached hydrogen (secondary N) is 3. The molecule has 0 bridgehead atoms. The van der Waals surface area contributed by atoms with Crippen molar-refractivity contribution in [1.82, 2.24) is 9.97 Å². The van der Waals surface area contributed by atoms with E-state index in [-0.39, 0.29) is 29.8 Å². The van der Waals surface area contributed by atoms with E-state index in [9.17, 15) is 13.2 Å². The number of benzene rings is 4. The zero-order chi connectivity index (χ0) is 29.5. The predicted octanol–water partition coefficient (Wildman–Crippen LogP) is 5.11. The minimum atomic E-state index is -3.23. The molecule has 0 unspecified atom stereocenters. The summed E-state index contributed by atoms with van der Waals surface area (Å²) in [7, 11) is -0.165. The first-order valence-corrected chi connectivity index (χ1v) is 14.0. The lowest BCUT2D eigenvalue weighted by Crippen LogP contribution is -2.22. The number of carbonyl (C=O) groups excluding carboxylic acids is 1. The standard InChI is InChI=1S/C30H28N6O5S/c1-40-24-16-22(17-25(18-24)41-2)33-29-30(35-27-14-7-6-13-26(27)34-29)36(42(38)39)23-12-8-11-21(15-23)32-28(37)19-31-20-9-4-3-5-10-20/h3-18,31,42H,19H2,1-2H3,(H,32,37)(H,33,34). The van der Waals surface area contributed by atoms with Crippen LogP contribution in [0.5, 0.6) is 11.5 Å². The summed E-state index contributed by atoms with van der Waals surface area (Å²) in [5, 5.41) is 9.03. The van der Waals surface area contributed by atoms with Gasteiger partial charge in [0.15, 0.2) is 11.6 Å². The zero-order valence-corrected chi connectivity index (χ0v) is 23.7. The number of amides is 1. The quantitative estimate of drug-likeness (QED) is 0.156. The zero-order valence-electron chi connectivity index (χ0n) is 22.8. The Labute approximate surface area is 244 Å². The maximum Gasteiger partial charge on any atom is 0.243 e. The number of rotatable bonds is 11. The number of carbonyl (C=O) groups is 1. The summed E-state index contributed by atoms with van der Waals surface area (Å²) in [6.45, 7) is 0.0298. The Morgan fingerprint density at radius 1 is 0.762 bits per heavy atom. The normalized spacial score (nSPS) is 10.7.